The van der Waals surface area contributed by atoms with Crippen molar-refractivity contribution < 1.29 is 24.5 Å². The predicted octanol–water partition coefficient (Wildman–Crippen LogP) is 12.6. The number of unbranched alkanes of at least 4 members (excludes halogenated alkanes) is 23. The molecule has 3 atom stereocenters. The first-order chi connectivity index (χ1) is 25.5. The summed E-state index contributed by atoms with van der Waals surface area (Å²) in [6.07, 6.45) is 44.9. The molecule has 0 aromatic carbocycles. The Balaban J connectivity index is 4.63. The molecule has 0 rings (SSSR count). The van der Waals surface area contributed by atoms with Gasteiger partial charge in [0.25, 0.3) is 0 Å². The van der Waals surface area contributed by atoms with E-state index in [0.29, 0.717) is 19.3 Å². The minimum Gasteiger partial charge on any atom is -0.462 e. The van der Waals surface area contributed by atoms with E-state index in [9.17, 15) is 19.8 Å². The molecule has 0 spiro atoms. The maximum Gasteiger partial charge on any atom is 0.306 e. The van der Waals surface area contributed by atoms with Gasteiger partial charge in [-0.1, -0.05) is 198 Å². The zero-order chi connectivity index (χ0) is 38.2. The van der Waals surface area contributed by atoms with Crippen LogP contribution in [0.2, 0.25) is 0 Å². The van der Waals surface area contributed by atoms with Gasteiger partial charge in [-0.2, -0.15) is 0 Å². The van der Waals surface area contributed by atoms with Crippen molar-refractivity contribution in [2.75, 3.05) is 6.61 Å². The quantitative estimate of drug-likeness (QED) is 0.0332. The molecule has 0 aromatic rings. The summed E-state index contributed by atoms with van der Waals surface area (Å²) in [5.74, 6) is -0.493. The largest absolute Gasteiger partial charge is 0.462 e. The first-order valence-corrected chi connectivity index (χ1v) is 22.2. The van der Waals surface area contributed by atoms with E-state index in [0.717, 1.165) is 83.5 Å². The van der Waals surface area contributed by atoms with Crippen molar-refractivity contribution in [3.8, 4) is 0 Å². The van der Waals surface area contributed by atoms with Gasteiger partial charge in [0.15, 0.2) is 0 Å². The Morgan fingerprint density at radius 2 is 1.04 bits per heavy atom. The lowest BCUT2D eigenvalue weighted by atomic mass is 10.0. The smallest absolute Gasteiger partial charge is 0.306 e. The van der Waals surface area contributed by atoms with Crippen molar-refractivity contribution >= 4 is 11.9 Å². The van der Waals surface area contributed by atoms with Gasteiger partial charge in [-0.25, -0.2) is 0 Å². The standard InChI is InChI=1S/C46H85NO5/c1-4-7-10-13-16-19-22-23-24-25-28-31-34-37-42(52-46(51)39-36-33-30-27-21-18-15-12-9-6-3)40-45(50)47-43(41-48)44(49)38-35-32-29-26-20-17-14-11-8-5-2/h7,10,13,16,19,22,42-44,48-49H,4-6,8-9,11-12,14-15,17-18,20-21,23-41H2,1-3H3,(H,47,50)/b10-7+,16-13+,22-19+. The molecule has 6 heteroatoms. The van der Waals surface area contributed by atoms with Gasteiger partial charge in [0.2, 0.25) is 5.91 Å². The lowest BCUT2D eigenvalue weighted by Crippen LogP contribution is -2.46. The SMILES string of the molecule is CC/C=C/C=C/C=C/CCCCCCCC(CC(=O)NC(CO)C(O)CCCCCCCCCCCC)OC(=O)CCCCCCCCCCCC. The number of ether oxygens (including phenoxy) is 1. The van der Waals surface area contributed by atoms with Crippen LogP contribution in [0.5, 0.6) is 0 Å². The first-order valence-electron chi connectivity index (χ1n) is 22.2. The summed E-state index contributed by atoms with van der Waals surface area (Å²) in [4.78, 5) is 25.9. The number of aliphatic hydroxyl groups is 2. The highest BCUT2D eigenvalue weighted by atomic mass is 16.5. The number of amides is 1. The summed E-state index contributed by atoms with van der Waals surface area (Å²) in [6, 6.07) is -0.702. The highest BCUT2D eigenvalue weighted by Gasteiger charge is 2.24. The molecule has 0 aliphatic carbocycles. The number of carbonyl (C=O) groups is 2. The van der Waals surface area contributed by atoms with E-state index in [1.165, 1.54) is 89.9 Å². The van der Waals surface area contributed by atoms with Crippen LogP contribution in [0.4, 0.5) is 0 Å². The van der Waals surface area contributed by atoms with Crippen LogP contribution in [-0.2, 0) is 14.3 Å². The van der Waals surface area contributed by atoms with E-state index in [1.807, 2.05) is 0 Å². The van der Waals surface area contributed by atoms with Gasteiger partial charge in [-0.15, -0.1) is 0 Å². The zero-order valence-electron chi connectivity index (χ0n) is 34.4. The van der Waals surface area contributed by atoms with Crippen molar-refractivity contribution in [1.82, 2.24) is 5.32 Å². The van der Waals surface area contributed by atoms with Gasteiger partial charge < -0.3 is 20.3 Å². The summed E-state index contributed by atoms with van der Waals surface area (Å²) >= 11 is 0. The molecule has 6 nitrogen and oxygen atoms in total. The highest BCUT2D eigenvalue weighted by Crippen LogP contribution is 2.17. The van der Waals surface area contributed by atoms with Crippen molar-refractivity contribution in [1.29, 1.82) is 0 Å². The molecule has 52 heavy (non-hydrogen) atoms. The molecule has 0 saturated heterocycles. The molecule has 0 radical (unpaired) electrons. The normalized spacial score (nSPS) is 13.7. The summed E-state index contributed by atoms with van der Waals surface area (Å²) in [7, 11) is 0. The lowest BCUT2D eigenvalue weighted by Gasteiger charge is -2.24. The lowest BCUT2D eigenvalue weighted by molar-refractivity contribution is -0.151. The Hall–Kier alpha value is -1.92. The van der Waals surface area contributed by atoms with Gasteiger partial charge in [0.05, 0.1) is 25.2 Å². The number of rotatable bonds is 39. The number of hydrogen-bond acceptors (Lipinski definition) is 5. The maximum absolute atomic E-state index is 13.1. The average molecular weight is 732 g/mol. The molecular formula is C46H85NO5. The molecule has 304 valence electrons. The van der Waals surface area contributed by atoms with Crippen LogP contribution >= 0.6 is 0 Å². The summed E-state index contributed by atoms with van der Waals surface area (Å²) < 4.78 is 5.88. The zero-order valence-corrected chi connectivity index (χ0v) is 34.4. The third kappa shape index (κ3) is 35.1. The Bertz CT molecular complexity index is 869. The number of aliphatic hydroxyl groups excluding tert-OH is 2. The van der Waals surface area contributed by atoms with Gasteiger partial charge >= 0.3 is 5.97 Å². The minimum atomic E-state index is -0.788. The Labute approximate surface area is 322 Å². The van der Waals surface area contributed by atoms with Gasteiger partial charge in [0, 0.05) is 6.42 Å². The summed E-state index contributed by atoms with van der Waals surface area (Å²) in [5, 5.41) is 23.6. The molecule has 1 amide bonds. The van der Waals surface area contributed by atoms with E-state index in [2.05, 4.69) is 62.5 Å². The van der Waals surface area contributed by atoms with Crippen LogP contribution in [0, 0.1) is 0 Å². The van der Waals surface area contributed by atoms with Crippen LogP contribution < -0.4 is 5.32 Å². The van der Waals surface area contributed by atoms with E-state index in [4.69, 9.17) is 4.74 Å². The number of allylic oxidation sites excluding steroid dienone is 6. The second kappa shape index (κ2) is 40.3. The Kier molecular flexibility index (Phi) is 38.8. The van der Waals surface area contributed by atoms with Crippen molar-refractivity contribution in [2.45, 2.75) is 238 Å². The van der Waals surface area contributed by atoms with E-state index in [1.54, 1.807) is 0 Å². The molecule has 3 N–H and O–H groups in total. The third-order valence-corrected chi connectivity index (χ3v) is 10.0. The number of nitrogens with one attached hydrogen (secondary N) is 1. The highest BCUT2D eigenvalue weighted by molar-refractivity contribution is 5.77. The van der Waals surface area contributed by atoms with E-state index in [-0.39, 0.29) is 24.9 Å². The number of hydrogen-bond donors (Lipinski definition) is 3. The van der Waals surface area contributed by atoms with Crippen LogP contribution in [-0.4, -0.2) is 46.9 Å². The molecule has 0 aliphatic heterocycles. The van der Waals surface area contributed by atoms with Crippen molar-refractivity contribution in [3.05, 3.63) is 36.5 Å². The molecule has 0 heterocycles. The molecule has 0 bridgehead atoms. The molecule has 0 saturated carbocycles. The molecule has 3 unspecified atom stereocenters. The molecule has 0 aromatic heterocycles. The van der Waals surface area contributed by atoms with Gasteiger partial charge in [-0.3, -0.25) is 9.59 Å². The van der Waals surface area contributed by atoms with E-state index < -0.39 is 18.2 Å². The molecule has 0 fully saturated rings. The summed E-state index contributed by atoms with van der Waals surface area (Å²) in [5.41, 5.74) is 0. The van der Waals surface area contributed by atoms with Crippen LogP contribution in [0.25, 0.3) is 0 Å². The topological polar surface area (TPSA) is 95.9 Å². The van der Waals surface area contributed by atoms with Crippen LogP contribution in [0.3, 0.4) is 0 Å². The van der Waals surface area contributed by atoms with Crippen LogP contribution in [0.1, 0.15) is 220 Å². The van der Waals surface area contributed by atoms with Crippen molar-refractivity contribution in [2.24, 2.45) is 0 Å². The fourth-order valence-electron chi connectivity index (χ4n) is 6.66. The number of carbonyl (C=O) groups excluding carboxylic acids is 2. The van der Waals surface area contributed by atoms with Gasteiger partial charge in [0.1, 0.15) is 6.10 Å². The predicted molar refractivity (Wildman–Crippen MR) is 222 cm³/mol. The maximum atomic E-state index is 13.1. The molecular weight excluding hydrogens is 647 g/mol. The first kappa shape index (κ1) is 50.1. The third-order valence-electron chi connectivity index (χ3n) is 10.0. The monoisotopic (exact) mass is 732 g/mol. The molecule has 0 aliphatic rings. The fourth-order valence-corrected chi connectivity index (χ4v) is 6.66. The van der Waals surface area contributed by atoms with Crippen LogP contribution in [0.15, 0.2) is 36.5 Å². The van der Waals surface area contributed by atoms with Gasteiger partial charge in [-0.05, 0) is 44.9 Å². The summed E-state index contributed by atoms with van der Waals surface area (Å²) in [6.45, 7) is 6.31. The second-order valence-corrected chi connectivity index (χ2v) is 15.1. The van der Waals surface area contributed by atoms with Crippen molar-refractivity contribution in [3.63, 3.8) is 0 Å². The Morgan fingerprint density at radius 3 is 1.56 bits per heavy atom. The van der Waals surface area contributed by atoms with E-state index >= 15 is 0 Å². The number of esters is 1. The minimum absolute atomic E-state index is 0.0665. The average Bonchev–Trinajstić information content (AvgIpc) is 3.13. The second-order valence-electron chi connectivity index (χ2n) is 15.1. The Morgan fingerprint density at radius 1 is 0.577 bits per heavy atom. The fraction of sp³-hybridized carbons (Fsp3) is 0.826.